The molecule has 0 aliphatic heterocycles. The fourth-order valence-corrected chi connectivity index (χ4v) is 1.11. The molecular formula is C9H8BrCl. The standard InChI is InChI=1S/C9H8BrCl/c10-9(7-11)6-8-4-2-1-3-5-8/h1-6H,7H2. The first-order valence-electron chi connectivity index (χ1n) is 3.30. The van der Waals surface area contributed by atoms with Gasteiger partial charge < -0.3 is 0 Å². The van der Waals surface area contributed by atoms with E-state index in [4.69, 9.17) is 11.6 Å². The van der Waals surface area contributed by atoms with Gasteiger partial charge in [0.25, 0.3) is 0 Å². The number of alkyl halides is 1. The molecule has 58 valence electrons. The lowest BCUT2D eigenvalue weighted by molar-refractivity contribution is 1.64. The maximum Gasteiger partial charge on any atom is 0.0540 e. The Balaban J connectivity index is 2.79. The Hall–Kier alpha value is -0.270. The first kappa shape index (κ1) is 8.82. The van der Waals surface area contributed by atoms with E-state index in [9.17, 15) is 0 Å². The van der Waals surface area contributed by atoms with E-state index in [-0.39, 0.29) is 0 Å². The summed E-state index contributed by atoms with van der Waals surface area (Å²) in [4.78, 5) is 0. The van der Waals surface area contributed by atoms with Crippen molar-refractivity contribution in [3.05, 3.63) is 40.4 Å². The fraction of sp³-hybridized carbons (Fsp3) is 0.111. The molecule has 0 aliphatic carbocycles. The van der Waals surface area contributed by atoms with Crippen molar-refractivity contribution >= 4 is 33.6 Å². The van der Waals surface area contributed by atoms with Crippen LogP contribution in [0.25, 0.3) is 6.08 Å². The smallest absolute Gasteiger partial charge is 0.0540 e. The molecule has 0 N–H and O–H groups in total. The molecule has 0 unspecified atom stereocenters. The van der Waals surface area contributed by atoms with Crippen molar-refractivity contribution in [2.45, 2.75) is 0 Å². The van der Waals surface area contributed by atoms with Gasteiger partial charge in [0, 0.05) is 4.48 Å². The molecule has 0 aliphatic rings. The average molecular weight is 232 g/mol. The molecular weight excluding hydrogens is 223 g/mol. The minimum Gasteiger partial charge on any atom is -0.121 e. The summed E-state index contributed by atoms with van der Waals surface area (Å²) in [5, 5.41) is 0. The van der Waals surface area contributed by atoms with Gasteiger partial charge in [-0.25, -0.2) is 0 Å². The van der Waals surface area contributed by atoms with Crippen molar-refractivity contribution in [1.29, 1.82) is 0 Å². The minimum absolute atomic E-state index is 0.523. The number of hydrogen-bond acceptors (Lipinski definition) is 0. The fourth-order valence-electron chi connectivity index (χ4n) is 0.769. The van der Waals surface area contributed by atoms with Gasteiger partial charge in [-0.2, -0.15) is 0 Å². The lowest BCUT2D eigenvalue weighted by Gasteiger charge is -1.92. The molecule has 0 fully saturated rings. The minimum atomic E-state index is 0.523. The monoisotopic (exact) mass is 230 g/mol. The summed E-state index contributed by atoms with van der Waals surface area (Å²) >= 11 is 8.93. The highest BCUT2D eigenvalue weighted by Gasteiger charge is 1.88. The van der Waals surface area contributed by atoms with Gasteiger partial charge in [0.05, 0.1) is 5.88 Å². The Bertz CT molecular complexity index is 241. The first-order valence-corrected chi connectivity index (χ1v) is 4.63. The largest absolute Gasteiger partial charge is 0.121 e. The molecule has 0 saturated heterocycles. The highest BCUT2D eigenvalue weighted by Crippen LogP contribution is 2.12. The second kappa shape index (κ2) is 4.58. The van der Waals surface area contributed by atoms with Crippen LogP contribution in [0.1, 0.15) is 5.56 Å². The van der Waals surface area contributed by atoms with E-state index in [2.05, 4.69) is 15.9 Å². The van der Waals surface area contributed by atoms with Crippen LogP contribution in [0.2, 0.25) is 0 Å². The molecule has 0 atom stereocenters. The molecule has 2 heteroatoms. The Morgan fingerprint density at radius 2 is 2.00 bits per heavy atom. The van der Waals surface area contributed by atoms with Gasteiger partial charge in [-0.15, -0.1) is 11.6 Å². The van der Waals surface area contributed by atoms with Crippen LogP contribution in [0.4, 0.5) is 0 Å². The molecule has 0 nitrogen and oxygen atoms in total. The molecule has 0 amide bonds. The summed E-state index contributed by atoms with van der Waals surface area (Å²) in [5.74, 6) is 0.523. The zero-order chi connectivity index (χ0) is 8.10. The van der Waals surface area contributed by atoms with Gasteiger partial charge in [-0.05, 0) is 11.6 Å². The summed E-state index contributed by atoms with van der Waals surface area (Å²) < 4.78 is 1.00. The lowest BCUT2D eigenvalue weighted by atomic mass is 10.2. The predicted molar refractivity (Wildman–Crippen MR) is 54.1 cm³/mol. The molecule has 0 bridgehead atoms. The van der Waals surface area contributed by atoms with Crippen molar-refractivity contribution < 1.29 is 0 Å². The molecule has 1 rings (SSSR count). The zero-order valence-electron chi connectivity index (χ0n) is 5.93. The van der Waals surface area contributed by atoms with Crippen LogP contribution in [-0.4, -0.2) is 5.88 Å². The van der Waals surface area contributed by atoms with E-state index >= 15 is 0 Å². The van der Waals surface area contributed by atoms with E-state index < -0.39 is 0 Å². The molecule has 1 aromatic rings. The summed E-state index contributed by atoms with van der Waals surface area (Å²) in [6.07, 6.45) is 2.01. The highest BCUT2D eigenvalue weighted by molar-refractivity contribution is 9.11. The van der Waals surface area contributed by atoms with Gasteiger partial charge in [-0.1, -0.05) is 46.3 Å². The quantitative estimate of drug-likeness (QED) is 0.682. The molecule has 0 spiro atoms. The molecule has 0 heterocycles. The third-order valence-electron chi connectivity index (χ3n) is 1.25. The van der Waals surface area contributed by atoms with Crippen molar-refractivity contribution in [3.63, 3.8) is 0 Å². The van der Waals surface area contributed by atoms with Crippen LogP contribution in [0.15, 0.2) is 34.8 Å². The van der Waals surface area contributed by atoms with Crippen LogP contribution in [0, 0.1) is 0 Å². The molecule has 0 aromatic heterocycles. The summed E-state index contributed by atoms with van der Waals surface area (Å²) in [7, 11) is 0. The molecule has 0 radical (unpaired) electrons. The van der Waals surface area contributed by atoms with Crippen LogP contribution in [0.5, 0.6) is 0 Å². The topological polar surface area (TPSA) is 0 Å². The number of halogens is 2. The van der Waals surface area contributed by atoms with Gasteiger partial charge in [0.15, 0.2) is 0 Å². The van der Waals surface area contributed by atoms with Crippen molar-refractivity contribution in [3.8, 4) is 0 Å². The second-order valence-corrected chi connectivity index (χ2v) is 3.42. The Labute approximate surface area is 80.0 Å². The maximum atomic E-state index is 5.59. The second-order valence-electron chi connectivity index (χ2n) is 2.14. The number of benzene rings is 1. The SMILES string of the molecule is ClCC(Br)=Cc1ccccc1. The van der Waals surface area contributed by atoms with Crippen LogP contribution >= 0.6 is 27.5 Å². The normalized spacial score (nSPS) is 11.6. The summed E-state index contributed by atoms with van der Waals surface area (Å²) in [6, 6.07) is 10.1. The lowest BCUT2D eigenvalue weighted by Crippen LogP contribution is -1.73. The third kappa shape index (κ3) is 3.08. The average Bonchev–Trinajstić information content (AvgIpc) is 2.06. The van der Waals surface area contributed by atoms with E-state index in [1.165, 1.54) is 5.56 Å². The van der Waals surface area contributed by atoms with Gasteiger partial charge in [0.1, 0.15) is 0 Å². The van der Waals surface area contributed by atoms with Gasteiger partial charge in [-0.3, -0.25) is 0 Å². The van der Waals surface area contributed by atoms with Gasteiger partial charge >= 0.3 is 0 Å². The van der Waals surface area contributed by atoms with E-state index in [1.807, 2.05) is 36.4 Å². The van der Waals surface area contributed by atoms with Crippen molar-refractivity contribution in [2.75, 3.05) is 5.88 Å². The molecule has 1 aromatic carbocycles. The maximum absolute atomic E-state index is 5.59. The Morgan fingerprint density at radius 3 is 2.55 bits per heavy atom. The highest BCUT2D eigenvalue weighted by atomic mass is 79.9. The van der Waals surface area contributed by atoms with Crippen molar-refractivity contribution in [1.82, 2.24) is 0 Å². The first-order chi connectivity index (χ1) is 5.33. The summed E-state index contributed by atoms with van der Waals surface area (Å²) in [6.45, 7) is 0. The van der Waals surface area contributed by atoms with Crippen molar-refractivity contribution in [2.24, 2.45) is 0 Å². The van der Waals surface area contributed by atoms with Gasteiger partial charge in [0.2, 0.25) is 0 Å². The number of allylic oxidation sites excluding steroid dienone is 1. The number of hydrogen-bond donors (Lipinski definition) is 0. The van der Waals surface area contributed by atoms with Crippen LogP contribution < -0.4 is 0 Å². The Kier molecular flexibility index (Phi) is 3.67. The summed E-state index contributed by atoms with van der Waals surface area (Å²) in [5.41, 5.74) is 1.17. The molecule has 0 saturated carbocycles. The van der Waals surface area contributed by atoms with E-state index in [1.54, 1.807) is 0 Å². The van der Waals surface area contributed by atoms with Crippen LogP contribution in [-0.2, 0) is 0 Å². The van der Waals surface area contributed by atoms with E-state index in [0.29, 0.717) is 5.88 Å². The van der Waals surface area contributed by atoms with E-state index in [0.717, 1.165) is 4.48 Å². The predicted octanol–water partition coefficient (Wildman–Crippen LogP) is 3.66. The Morgan fingerprint density at radius 1 is 1.36 bits per heavy atom. The number of rotatable bonds is 2. The molecule has 11 heavy (non-hydrogen) atoms. The van der Waals surface area contributed by atoms with Crippen LogP contribution in [0.3, 0.4) is 0 Å². The third-order valence-corrected chi connectivity index (χ3v) is 2.37. The zero-order valence-corrected chi connectivity index (χ0v) is 8.27.